The van der Waals surface area contributed by atoms with Gasteiger partial charge in [0.25, 0.3) is 10.2 Å². The average Bonchev–Trinajstić information content (AvgIpc) is 3.29. The van der Waals surface area contributed by atoms with Gasteiger partial charge in [-0.05, 0) is 6.07 Å². The molecule has 0 amide bonds. The number of hydrogen-bond acceptors (Lipinski definition) is 8. The second kappa shape index (κ2) is 6.82. The van der Waals surface area contributed by atoms with Gasteiger partial charge >= 0.3 is 0 Å². The molecule has 29 heavy (non-hydrogen) atoms. The quantitative estimate of drug-likeness (QED) is 0.460. The van der Waals surface area contributed by atoms with Crippen molar-refractivity contribution in [3.8, 4) is 23.4 Å². The van der Waals surface area contributed by atoms with E-state index in [9.17, 15) is 13.7 Å². The Morgan fingerprint density at radius 2 is 2.10 bits per heavy atom. The van der Waals surface area contributed by atoms with Crippen LogP contribution < -0.4 is 10.5 Å². The first-order chi connectivity index (χ1) is 13.9. The van der Waals surface area contributed by atoms with Gasteiger partial charge in [0.15, 0.2) is 5.82 Å². The molecule has 0 spiro atoms. The van der Waals surface area contributed by atoms with Crippen LogP contribution in [0, 0.1) is 22.7 Å². The summed E-state index contributed by atoms with van der Waals surface area (Å²) in [6, 6.07) is 5.64. The number of nitrogen functional groups attached to an aromatic ring is 1. The highest BCUT2D eigenvalue weighted by Gasteiger charge is 2.50. The highest BCUT2D eigenvalue weighted by atomic mass is 32.2. The van der Waals surface area contributed by atoms with Crippen molar-refractivity contribution in [1.82, 2.24) is 33.8 Å². The first-order valence-electron chi connectivity index (χ1n) is 8.53. The van der Waals surface area contributed by atoms with Gasteiger partial charge in [-0.2, -0.15) is 33.1 Å². The van der Waals surface area contributed by atoms with Crippen LogP contribution in [0.15, 0.2) is 24.8 Å². The maximum absolute atomic E-state index is 12.2. The van der Waals surface area contributed by atoms with E-state index < -0.39 is 15.7 Å². The van der Waals surface area contributed by atoms with Crippen molar-refractivity contribution in [2.24, 2.45) is 0 Å². The monoisotopic (exact) mass is 412 g/mol. The molecule has 0 saturated carbocycles. The summed E-state index contributed by atoms with van der Waals surface area (Å²) in [6.07, 6.45) is 4.87. The number of aromatic nitrogens is 5. The molecule has 4 N–H and O–H groups in total. The maximum Gasteiger partial charge on any atom is 0.280 e. The number of anilines is 1. The van der Waals surface area contributed by atoms with Gasteiger partial charge in [-0.25, -0.2) is 9.97 Å². The Morgan fingerprint density at radius 1 is 1.31 bits per heavy atom. The SMILES string of the molecule is N#CCNS(=O)(=O)N1CC(CC#N)(n2cc(-c3ncnc4[nH]ccc34)c(N)n2)C1. The van der Waals surface area contributed by atoms with E-state index in [-0.39, 0.29) is 31.9 Å². The molecular formula is C16H16N10O2S. The topological polar surface area (TPSA) is 182 Å². The lowest BCUT2D eigenvalue weighted by Crippen LogP contribution is -2.65. The zero-order chi connectivity index (χ0) is 20.6. The molecule has 3 aromatic rings. The van der Waals surface area contributed by atoms with Crippen molar-refractivity contribution < 1.29 is 8.42 Å². The van der Waals surface area contributed by atoms with E-state index in [1.165, 1.54) is 11.0 Å². The average molecular weight is 412 g/mol. The standard InChI is InChI=1S/C16H16N10O2S/c17-3-2-16(8-25(9-16)29(27,28)23-6-4-18)26-7-12(14(19)24-26)13-11-1-5-20-15(11)22-10-21-13/h1,5,7,10,23H,2,6,8-9H2,(H2,19,24)(H,20,21,22). The molecule has 0 aromatic carbocycles. The minimum absolute atomic E-state index is 0.0330. The van der Waals surface area contributed by atoms with Gasteiger partial charge < -0.3 is 10.7 Å². The van der Waals surface area contributed by atoms with Crippen molar-refractivity contribution in [3.63, 3.8) is 0 Å². The van der Waals surface area contributed by atoms with Crippen LogP contribution in [-0.2, 0) is 15.7 Å². The zero-order valence-electron chi connectivity index (χ0n) is 15.1. The molecule has 0 bridgehead atoms. The lowest BCUT2D eigenvalue weighted by Gasteiger charge is -2.47. The Kier molecular flexibility index (Phi) is 4.43. The summed E-state index contributed by atoms with van der Waals surface area (Å²) in [4.78, 5) is 11.5. The van der Waals surface area contributed by atoms with E-state index >= 15 is 0 Å². The van der Waals surface area contributed by atoms with E-state index in [4.69, 9.17) is 11.0 Å². The first-order valence-corrected chi connectivity index (χ1v) is 9.97. The zero-order valence-corrected chi connectivity index (χ0v) is 15.9. The number of H-pyrrole nitrogens is 1. The maximum atomic E-state index is 12.2. The first kappa shape index (κ1) is 18.8. The van der Waals surface area contributed by atoms with Crippen LogP contribution in [0.25, 0.3) is 22.3 Å². The molecule has 0 radical (unpaired) electrons. The Bertz CT molecular complexity index is 1260. The van der Waals surface area contributed by atoms with Gasteiger partial charge in [-0.3, -0.25) is 4.68 Å². The van der Waals surface area contributed by atoms with Gasteiger partial charge in [-0.1, -0.05) is 0 Å². The van der Waals surface area contributed by atoms with Gasteiger partial charge in [-0.15, -0.1) is 0 Å². The Morgan fingerprint density at radius 3 is 2.83 bits per heavy atom. The van der Waals surface area contributed by atoms with E-state index in [2.05, 4.69) is 30.8 Å². The van der Waals surface area contributed by atoms with Crippen molar-refractivity contribution >= 4 is 27.1 Å². The molecule has 12 nitrogen and oxygen atoms in total. The van der Waals surface area contributed by atoms with Crippen LogP contribution in [-0.4, -0.2) is 57.1 Å². The summed E-state index contributed by atoms with van der Waals surface area (Å²) in [5.41, 5.74) is 7.08. The minimum atomic E-state index is -3.81. The molecule has 1 fully saturated rings. The molecule has 1 saturated heterocycles. The largest absolute Gasteiger partial charge is 0.382 e. The Balaban J connectivity index is 1.68. The number of nitrogens with two attached hydrogens (primary N) is 1. The third kappa shape index (κ3) is 3.07. The number of rotatable bonds is 6. The normalized spacial score (nSPS) is 16.2. The van der Waals surface area contributed by atoms with Crippen LogP contribution in [0.3, 0.4) is 0 Å². The highest BCUT2D eigenvalue weighted by Crippen LogP contribution is 2.37. The third-order valence-electron chi connectivity index (χ3n) is 4.86. The summed E-state index contributed by atoms with van der Waals surface area (Å²) < 4.78 is 29.3. The smallest absolute Gasteiger partial charge is 0.280 e. The fraction of sp³-hybridized carbons (Fsp3) is 0.312. The van der Waals surface area contributed by atoms with Gasteiger partial charge in [0, 0.05) is 30.9 Å². The lowest BCUT2D eigenvalue weighted by molar-refractivity contribution is 0.0710. The predicted octanol–water partition coefficient (Wildman–Crippen LogP) is -0.314. The fourth-order valence-electron chi connectivity index (χ4n) is 3.38. The predicted molar refractivity (Wildman–Crippen MR) is 102 cm³/mol. The van der Waals surface area contributed by atoms with Gasteiger partial charge in [0.2, 0.25) is 0 Å². The molecule has 148 valence electrons. The molecular weight excluding hydrogens is 396 g/mol. The van der Waals surface area contributed by atoms with Crippen LogP contribution in [0.5, 0.6) is 0 Å². The van der Waals surface area contributed by atoms with Gasteiger partial charge in [0.05, 0.1) is 36.4 Å². The van der Waals surface area contributed by atoms with E-state index in [1.54, 1.807) is 18.5 Å². The van der Waals surface area contributed by atoms with Crippen molar-refractivity contribution in [2.75, 3.05) is 25.4 Å². The lowest BCUT2D eigenvalue weighted by atomic mass is 9.89. The molecule has 1 aliphatic heterocycles. The molecule has 0 unspecified atom stereocenters. The van der Waals surface area contributed by atoms with E-state index in [0.29, 0.717) is 16.9 Å². The number of nitrogens with zero attached hydrogens (tertiary/aromatic N) is 7. The second-order valence-corrected chi connectivity index (χ2v) is 8.40. The van der Waals surface area contributed by atoms with Crippen LogP contribution in [0.4, 0.5) is 5.82 Å². The number of nitriles is 2. The summed E-state index contributed by atoms with van der Waals surface area (Å²) in [7, 11) is -3.81. The molecule has 0 aliphatic carbocycles. The van der Waals surface area contributed by atoms with Crippen LogP contribution in [0.1, 0.15) is 6.42 Å². The molecule has 0 atom stereocenters. The van der Waals surface area contributed by atoms with E-state index in [0.717, 1.165) is 9.69 Å². The van der Waals surface area contributed by atoms with Crippen molar-refractivity contribution in [3.05, 3.63) is 24.8 Å². The van der Waals surface area contributed by atoms with E-state index in [1.807, 2.05) is 6.07 Å². The fourth-order valence-corrected chi connectivity index (χ4v) is 4.63. The van der Waals surface area contributed by atoms with Crippen molar-refractivity contribution in [1.29, 1.82) is 10.5 Å². The number of aromatic amines is 1. The molecule has 13 heteroatoms. The third-order valence-corrected chi connectivity index (χ3v) is 6.31. The van der Waals surface area contributed by atoms with Crippen LogP contribution in [0.2, 0.25) is 0 Å². The summed E-state index contributed by atoms with van der Waals surface area (Å²) in [5, 5.41) is 23.0. The summed E-state index contributed by atoms with van der Waals surface area (Å²) in [5.74, 6) is 0.215. The Hall–Kier alpha value is -3.52. The number of fused-ring (bicyclic) bond motifs is 1. The van der Waals surface area contributed by atoms with Crippen LogP contribution >= 0.6 is 0 Å². The van der Waals surface area contributed by atoms with Crippen molar-refractivity contribution in [2.45, 2.75) is 12.0 Å². The number of hydrogen-bond donors (Lipinski definition) is 3. The Labute approximate surface area is 165 Å². The molecule has 4 rings (SSSR count). The molecule has 4 heterocycles. The molecule has 1 aliphatic rings. The highest BCUT2D eigenvalue weighted by molar-refractivity contribution is 7.87. The van der Waals surface area contributed by atoms with Gasteiger partial charge in [0.1, 0.15) is 17.5 Å². The summed E-state index contributed by atoms with van der Waals surface area (Å²) in [6.45, 7) is -0.264. The molecule has 3 aromatic heterocycles. The number of nitrogens with one attached hydrogen (secondary N) is 2. The second-order valence-electron chi connectivity index (χ2n) is 6.65. The summed E-state index contributed by atoms with van der Waals surface area (Å²) >= 11 is 0. The minimum Gasteiger partial charge on any atom is -0.382 e.